The van der Waals surface area contributed by atoms with Gasteiger partial charge in [-0.25, -0.2) is 0 Å². The fourth-order valence-corrected chi connectivity index (χ4v) is 1.27. The van der Waals surface area contributed by atoms with Crippen LogP contribution in [0.1, 0.15) is 12.5 Å². The van der Waals surface area contributed by atoms with Crippen LogP contribution in [0.2, 0.25) is 0 Å². The van der Waals surface area contributed by atoms with E-state index < -0.39 is 35.4 Å². The molecule has 0 aliphatic heterocycles. The highest BCUT2D eigenvalue weighted by atomic mass is 19.4. The second kappa shape index (κ2) is 4.98. The van der Waals surface area contributed by atoms with Gasteiger partial charge in [-0.3, -0.25) is 4.79 Å². The third-order valence-corrected chi connectivity index (χ3v) is 1.85. The summed E-state index contributed by atoms with van der Waals surface area (Å²) < 4.78 is 77.5. The molecule has 19 heavy (non-hydrogen) atoms. The molecule has 0 atom stereocenters. The fraction of sp³-hybridized carbons (Fsp3) is 0.300. The first-order chi connectivity index (χ1) is 8.50. The number of amides is 1. The molecule has 0 saturated heterocycles. The first-order valence-electron chi connectivity index (χ1n) is 4.74. The van der Waals surface area contributed by atoms with Crippen LogP contribution in [0.25, 0.3) is 0 Å². The summed E-state index contributed by atoms with van der Waals surface area (Å²) in [6.07, 6.45) is -10.4. The quantitative estimate of drug-likeness (QED) is 0.845. The smallest absolute Gasteiger partial charge is 0.403 e. The van der Waals surface area contributed by atoms with Crippen molar-refractivity contribution in [2.45, 2.75) is 19.5 Å². The molecule has 1 aromatic carbocycles. The molecule has 1 amide bonds. The Morgan fingerprint density at radius 1 is 1.16 bits per heavy atom. The Labute approximate surface area is 103 Å². The van der Waals surface area contributed by atoms with Crippen molar-refractivity contribution in [3.63, 3.8) is 0 Å². The fourth-order valence-electron chi connectivity index (χ4n) is 1.27. The average Bonchev–Trinajstić information content (AvgIpc) is 2.15. The Morgan fingerprint density at radius 2 is 1.74 bits per heavy atom. The summed E-state index contributed by atoms with van der Waals surface area (Å²) in [4.78, 5) is 10.8. The molecular weight excluding hydrogens is 280 g/mol. The van der Waals surface area contributed by atoms with E-state index in [0.29, 0.717) is 6.07 Å². The molecule has 0 spiro atoms. The van der Waals surface area contributed by atoms with E-state index in [1.54, 1.807) is 0 Å². The highest BCUT2D eigenvalue weighted by Crippen LogP contribution is 2.42. The molecule has 9 heteroatoms. The van der Waals surface area contributed by atoms with Gasteiger partial charge in [0.15, 0.2) is 5.75 Å². The first-order valence-corrected chi connectivity index (χ1v) is 4.74. The number of hydrogen-bond acceptors (Lipinski definition) is 2. The molecule has 0 heterocycles. The van der Waals surface area contributed by atoms with Gasteiger partial charge in [-0.15, -0.1) is 13.2 Å². The van der Waals surface area contributed by atoms with E-state index in [1.807, 2.05) is 5.32 Å². The van der Waals surface area contributed by atoms with Crippen molar-refractivity contribution in [2.75, 3.05) is 5.32 Å². The van der Waals surface area contributed by atoms with Crippen LogP contribution in [0.3, 0.4) is 0 Å². The van der Waals surface area contributed by atoms with E-state index in [9.17, 15) is 31.1 Å². The van der Waals surface area contributed by atoms with Gasteiger partial charge < -0.3 is 10.1 Å². The van der Waals surface area contributed by atoms with Crippen molar-refractivity contribution in [2.24, 2.45) is 0 Å². The molecule has 3 nitrogen and oxygen atoms in total. The summed E-state index contributed by atoms with van der Waals surface area (Å²) in [5.41, 5.74) is -2.34. The molecule has 0 fully saturated rings. The third kappa shape index (κ3) is 4.34. The third-order valence-electron chi connectivity index (χ3n) is 1.85. The summed E-state index contributed by atoms with van der Waals surface area (Å²) in [7, 11) is 0. The minimum atomic E-state index is -5.31. The number of para-hydroxylation sites is 1. The average molecular weight is 287 g/mol. The maximum Gasteiger partial charge on any atom is 0.573 e. The Balaban J connectivity index is 3.36. The van der Waals surface area contributed by atoms with Crippen LogP contribution in [0.15, 0.2) is 18.2 Å². The summed E-state index contributed by atoms with van der Waals surface area (Å²) in [5, 5.41) is 1.84. The molecule has 1 N–H and O–H groups in total. The predicted octanol–water partition coefficient (Wildman–Crippen LogP) is 3.56. The van der Waals surface area contributed by atoms with Gasteiger partial charge in [0.2, 0.25) is 5.91 Å². The van der Waals surface area contributed by atoms with Gasteiger partial charge in [0.1, 0.15) is 5.56 Å². The lowest BCUT2D eigenvalue weighted by molar-refractivity contribution is -0.276. The zero-order chi connectivity index (χ0) is 14.8. The number of benzene rings is 1. The number of hydrogen-bond donors (Lipinski definition) is 1. The van der Waals surface area contributed by atoms with Crippen LogP contribution in [0.5, 0.6) is 5.75 Å². The number of alkyl halides is 6. The molecule has 106 valence electrons. The van der Waals surface area contributed by atoms with Crippen LogP contribution in [0, 0.1) is 0 Å². The van der Waals surface area contributed by atoms with E-state index in [1.165, 1.54) is 0 Å². The maximum atomic E-state index is 12.6. The molecule has 0 aliphatic carbocycles. The van der Waals surface area contributed by atoms with Crippen molar-refractivity contribution in [1.29, 1.82) is 0 Å². The molecule has 0 unspecified atom stereocenters. The van der Waals surface area contributed by atoms with Gasteiger partial charge in [-0.05, 0) is 12.1 Å². The Hall–Kier alpha value is -1.93. The lowest BCUT2D eigenvalue weighted by atomic mass is 10.1. The van der Waals surface area contributed by atoms with Crippen molar-refractivity contribution in [1.82, 2.24) is 0 Å². The van der Waals surface area contributed by atoms with E-state index >= 15 is 0 Å². The largest absolute Gasteiger partial charge is 0.573 e. The Kier molecular flexibility index (Phi) is 3.97. The van der Waals surface area contributed by atoms with E-state index in [-0.39, 0.29) is 0 Å². The van der Waals surface area contributed by atoms with E-state index in [4.69, 9.17) is 0 Å². The summed E-state index contributed by atoms with van der Waals surface area (Å²) in [5.74, 6) is -2.32. The Bertz CT molecular complexity index is 480. The van der Waals surface area contributed by atoms with Gasteiger partial charge in [-0.2, -0.15) is 13.2 Å². The summed E-state index contributed by atoms with van der Waals surface area (Å²) in [6.45, 7) is 0.942. The number of ether oxygens (including phenoxy) is 1. The standard InChI is InChI=1S/C10H7F6NO2/c1-5(18)17-7-4-2-3-6(9(11,12)13)8(7)19-10(14,15)16/h2-4H,1H3,(H,17,18). The number of rotatable bonds is 2. The van der Waals surface area contributed by atoms with Gasteiger partial charge >= 0.3 is 12.5 Å². The van der Waals surface area contributed by atoms with Gasteiger partial charge in [-0.1, -0.05) is 6.07 Å². The second-order valence-electron chi connectivity index (χ2n) is 3.41. The van der Waals surface area contributed by atoms with Crippen LogP contribution in [0.4, 0.5) is 32.0 Å². The first kappa shape index (κ1) is 15.1. The zero-order valence-electron chi connectivity index (χ0n) is 9.32. The molecule has 1 aromatic rings. The predicted molar refractivity (Wildman–Crippen MR) is 52.4 cm³/mol. The second-order valence-corrected chi connectivity index (χ2v) is 3.41. The lowest BCUT2D eigenvalue weighted by Gasteiger charge is -2.18. The van der Waals surface area contributed by atoms with E-state index in [2.05, 4.69) is 4.74 Å². The monoisotopic (exact) mass is 287 g/mol. The van der Waals surface area contributed by atoms with Crippen molar-refractivity contribution < 1.29 is 35.9 Å². The van der Waals surface area contributed by atoms with Crippen molar-refractivity contribution in [3.05, 3.63) is 23.8 Å². The van der Waals surface area contributed by atoms with E-state index in [0.717, 1.165) is 19.1 Å². The normalized spacial score (nSPS) is 12.2. The van der Waals surface area contributed by atoms with Gasteiger partial charge in [0, 0.05) is 6.92 Å². The zero-order valence-corrected chi connectivity index (χ0v) is 9.32. The number of anilines is 1. The molecule has 0 radical (unpaired) electrons. The maximum absolute atomic E-state index is 12.6. The van der Waals surface area contributed by atoms with Crippen LogP contribution < -0.4 is 10.1 Å². The molecule has 0 saturated carbocycles. The van der Waals surface area contributed by atoms with Gasteiger partial charge in [0.25, 0.3) is 0 Å². The van der Waals surface area contributed by atoms with Crippen LogP contribution >= 0.6 is 0 Å². The van der Waals surface area contributed by atoms with Crippen LogP contribution in [-0.4, -0.2) is 12.3 Å². The molecule has 1 rings (SSSR count). The molecule has 0 bridgehead atoms. The Morgan fingerprint density at radius 3 is 2.16 bits per heavy atom. The topological polar surface area (TPSA) is 38.3 Å². The minimum Gasteiger partial charge on any atom is -0.403 e. The van der Waals surface area contributed by atoms with Gasteiger partial charge in [0.05, 0.1) is 5.69 Å². The molecular formula is C10H7F6NO2. The number of carbonyl (C=O) groups is 1. The van der Waals surface area contributed by atoms with Crippen LogP contribution in [-0.2, 0) is 11.0 Å². The summed E-state index contributed by atoms with van der Waals surface area (Å²) in [6, 6.07) is 2.15. The number of halogens is 6. The van der Waals surface area contributed by atoms with Crippen molar-refractivity contribution in [3.8, 4) is 5.75 Å². The number of nitrogens with one attached hydrogen (secondary N) is 1. The highest BCUT2D eigenvalue weighted by molar-refractivity contribution is 5.90. The SMILES string of the molecule is CC(=O)Nc1cccc(C(F)(F)F)c1OC(F)(F)F. The number of carbonyl (C=O) groups excluding carboxylic acids is 1. The molecule has 0 aromatic heterocycles. The lowest BCUT2D eigenvalue weighted by Crippen LogP contribution is -2.22. The highest BCUT2D eigenvalue weighted by Gasteiger charge is 2.40. The summed E-state index contributed by atoms with van der Waals surface area (Å²) >= 11 is 0. The van der Waals surface area contributed by atoms with Crippen molar-refractivity contribution >= 4 is 11.6 Å². The minimum absolute atomic E-state index is 0.423. The molecule has 0 aliphatic rings.